The van der Waals surface area contributed by atoms with E-state index < -0.39 is 43.4 Å². The van der Waals surface area contributed by atoms with Crippen LogP contribution in [0.2, 0.25) is 0 Å². The van der Waals surface area contributed by atoms with Gasteiger partial charge in [-0.05, 0) is 103 Å². The minimum absolute atomic E-state index is 0.116. The van der Waals surface area contributed by atoms with E-state index in [0.717, 1.165) is 89.9 Å². The maximum absolute atomic E-state index is 12.8. The normalized spacial score (nSPS) is 20.0. The van der Waals surface area contributed by atoms with E-state index >= 15 is 0 Å². The average molecular weight is 951 g/mol. The number of esters is 1. The largest absolute Gasteiger partial charge is 0.457 e. The van der Waals surface area contributed by atoms with E-state index in [1.807, 2.05) is 0 Å². The number of carbonyl (C=O) groups is 1. The molecular formula is C59H98O9. The van der Waals surface area contributed by atoms with Crippen molar-refractivity contribution in [2.45, 2.75) is 230 Å². The van der Waals surface area contributed by atoms with Gasteiger partial charge in [0, 0.05) is 13.0 Å². The molecule has 0 bridgehead atoms. The lowest BCUT2D eigenvalue weighted by atomic mass is 9.99. The first kappa shape index (κ1) is 62.9. The molecule has 9 heteroatoms. The van der Waals surface area contributed by atoms with Gasteiger partial charge in [-0.2, -0.15) is 0 Å². The number of carbonyl (C=O) groups excluding carboxylic acids is 1. The number of hydrogen-bond donors (Lipinski definition) is 4. The van der Waals surface area contributed by atoms with Crippen molar-refractivity contribution in [1.29, 1.82) is 0 Å². The Hall–Kier alpha value is -3.15. The predicted octanol–water partition coefficient (Wildman–Crippen LogP) is 13.7. The number of unbranched alkanes of at least 4 members (excludes halogenated alkanes) is 16. The van der Waals surface area contributed by atoms with Crippen molar-refractivity contribution in [3.8, 4) is 0 Å². The van der Waals surface area contributed by atoms with Gasteiger partial charge < -0.3 is 39.4 Å². The molecule has 0 saturated carbocycles. The maximum Gasteiger partial charge on any atom is 0.306 e. The maximum atomic E-state index is 12.8. The van der Waals surface area contributed by atoms with Gasteiger partial charge in [0.2, 0.25) is 0 Å². The number of hydrogen-bond acceptors (Lipinski definition) is 9. The number of ether oxygens (including phenoxy) is 4. The Morgan fingerprint density at radius 3 is 1.35 bits per heavy atom. The van der Waals surface area contributed by atoms with E-state index in [4.69, 9.17) is 18.9 Å². The number of rotatable bonds is 45. The second-order valence-corrected chi connectivity index (χ2v) is 17.9. The Kier molecular flexibility index (Phi) is 45.2. The number of aliphatic hydroxyl groups excluding tert-OH is 4. The Morgan fingerprint density at radius 1 is 0.485 bits per heavy atom. The molecule has 1 aliphatic rings. The zero-order valence-electron chi connectivity index (χ0n) is 42.8. The molecule has 68 heavy (non-hydrogen) atoms. The third-order valence-corrected chi connectivity index (χ3v) is 11.7. The second kappa shape index (κ2) is 48.9. The first-order valence-electron chi connectivity index (χ1n) is 27.0. The lowest BCUT2D eigenvalue weighted by molar-refractivity contribution is -0.305. The molecule has 0 radical (unpaired) electrons. The van der Waals surface area contributed by atoms with Crippen molar-refractivity contribution in [3.05, 3.63) is 109 Å². The molecule has 1 rings (SSSR count). The van der Waals surface area contributed by atoms with Crippen LogP contribution in [0.3, 0.4) is 0 Å². The topological polar surface area (TPSA) is 135 Å². The SMILES string of the molecule is CC/C=C\C/C=C\C/C=C\C/C=C\C/C=C\C/C=C\CCCCC(=O)OC(COCCCCCCCCCCC/C=C\C/C=C\C/C=C\CCCCCCC)COC1OC(CO)C(O)C(O)C1O. The van der Waals surface area contributed by atoms with Gasteiger partial charge in [-0.3, -0.25) is 4.79 Å². The van der Waals surface area contributed by atoms with Crippen LogP contribution in [0, 0.1) is 0 Å². The molecule has 0 amide bonds. The highest BCUT2D eigenvalue weighted by atomic mass is 16.7. The summed E-state index contributed by atoms with van der Waals surface area (Å²) in [4.78, 5) is 12.8. The molecule has 1 fully saturated rings. The van der Waals surface area contributed by atoms with Crippen molar-refractivity contribution >= 4 is 5.97 Å². The summed E-state index contributed by atoms with van der Waals surface area (Å²) in [5.41, 5.74) is 0. The molecule has 0 aromatic carbocycles. The summed E-state index contributed by atoms with van der Waals surface area (Å²) in [5.74, 6) is -0.361. The summed E-state index contributed by atoms with van der Waals surface area (Å²) < 4.78 is 22.9. The van der Waals surface area contributed by atoms with Gasteiger partial charge in [-0.25, -0.2) is 0 Å². The van der Waals surface area contributed by atoms with E-state index in [2.05, 4.69) is 123 Å². The molecule has 388 valence electrons. The Balaban J connectivity index is 2.24. The second-order valence-electron chi connectivity index (χ2n) is 17.9. The molecule has 0 aromatic rings. The van der Waals surface area contributed by atoms with Gasteiger partial charge in [0.1, 0.15) is 30.5 Å². The lowest BCUT2D eigenvalue weighted by Gasteiger charge is -2.39. The fourth-order valence-corrected chi connectivity index (χ4v) is 7.50. The fraction of sp³-hybridized carbons (Fsp3) is 0.678. The molecule has 1 saturated heterocycles. The van der Waals surface area contributed by atoms with Crippen LogP contribution in [0.1, 0.15) is 194 Å². The van der Waals surface area contributed by atoms with Crippen LogP contribution in [0.15, 0.2) is 109 Å². The van der Waals surface area contributed by atoms with Gasteiger partial charge in [0.25, 0.3) is 0 Å². The van der Waals surface area contributed by atoms with Crippen molar-refractivity contribution in [3.63, 3.8) is 0 Å². The van der Waals surface area contributed by atoms with Crippen LogP contribution in [-0.4, -0.2) is 89.6 Å². The number of allylic oxidation sites excluding steroid dienone is 18. The van der Waals surface area contributed by atoms with E-state index in [0.29, 0.717) is 13.0 Å². The van der Waals surface area contributed by atoms with Crippen LogP contribution in [0.5, 0.6) is 0 Å². The van der Waals surface area contributed by atoms with Crippen molar-refractivity contribution < 1.29 is 44.2 Å². The molecular weight excluding hydrogens is 853 g/mol. The zero-order chi connectivity index (χ0) is 49.2. The molecule has 0 aromatic heterocycles. The van der Waals surface area contributed by atoms with Crippen molar-refractivity contribution in [2.24, 2.45) is 0 Å². The quantitative estimate of drug-likeness (QED) is 0.0267. The molecule has 0 aliphatic carbocycles. The summed E-state index contributed by atoms with van der Waals surface area (Å²) in [6, 6.07) is 0. The third kappa shape index (κ3) is 38.7. The van der Waals surface area contributed by atoms with Gasteiger partial charge in [-0.15, -0.1) is 0 Å². The van der Waals surface area contributed by atoms with E-state index in [-0.39, 0.29) is 25.6 Å². The van der Waals surface area contributed by atoms with Crippen molar-refractivity contribution in [1.82, 2.24) is 0 Å². The van der Waals surface area contributed by atoms with E-state index in [1.165, 1.54) is 77.0 Å². The zero-order valence-corrected chi connectivity index (χ0v) is 42.8. The highest BCUT2D eigenvalue weighted by Gasteiger charge is 2.44. The highest BCUT2D eigenvalue weighted by Crippen LogP contribution is 2.22. The molecule has 6 atom stereocenters. The van der Waals surface area contributed by atoms with E-state index in [1.54, 1.807) is 0 Å². The van der Waals surface area contributed by atoms with Gasteiger partial charge in [0.05, 0.1) is 19.8 Å². The minimum Gasteiger partial charge on any atom is -0.457 e. The molecule has 1 aliphatic heterocycles. The third-order valence-electron chi connectivity index (χ3n) is 11.7. The summed E-state index contributed by atoms with van der Waals surface area (Å²) in [6.45, 7) is 4.36. The number of aliphatic hydroxyl groups is 4. The molecule has 0 spiro atoms. The van der Waals surface area contributed by atoms with Crippen LogP contribution < -0.4 is 0 Å². The summed E-state index contributed by atoms with van der Waals surface area (Å²) >= 11 is 0. The van der Waals surface area contributed by atoms with Crippen LogP contribution in [0.25, 0.3) is 0 Å². The minimum atomic E-state index is -1.55. The molecule has 9 nitrogen and oxygen atoms in total. The molecule has 1 heterocycles. The van der Waals surface area contributed by atoms with Crippen LogP contribution in [-0.2, 0) is 23.7 Å². The van der Waals surface area contributed by atoms with Crippen LogP contribution >= 0.6 is 0 Å². The monoisotopic (exact) mass is 951 g/mol. The fourth-order valence-electron chi connectivity index (χ4n) is 7.50. The summed E-state index contributed by atoms with van der Waals surface area (Å²) in [5, 5.41) is 40.3. The first-order chi connectivity index (χ1) is 33.4. The Bertz CT molecular complexity index is 1410. The predicted molar refractivity (Wildman–Crippen MR) is 283 cm³/mol. The van der Waals surface area contributed by atoms with Gasteiger partial charge >= 0.3 is 5.97 Å². The van der Waals surface area contributed by atoms with Crippen molar-refractivity contribution in [2.75, 3.05) is 26.4 Å². The average Bonchev–Trinajstić information content (AvgIpc) is 3.34. The van der Waals surface area contributed by atoms with E-state index in [9.17, 15) is 25.2 Å². The summed E-state index contributed by atoms with van der Waals surface area (Å²) in [6.07, 6.45) is 62.7. The first-order valence-corrected chi connectivity index (χ1v) is 27.0. The lowest BCUT2D eigenvalue weighted by Crippen LogP contribution is -2.59. The highest BCUT2D eigenvalue weighted by molar-refractivity contribution is 5.69. The standard InChI is InChI=1S/C59H98O9/c1-3-5-7-9-11-13-15-17-19-21-23-25-26-27-29-31-33-35-37-39-41-43-45-47-49-65-51-53(52-66-59-58(64)57(63)56(62)54(50-60)68-59)67-55(61)48-46-44-42-40-38-36-34-32-30-28-24-22-20-18-16-14-12-10-8-6-4-2/h6,8,12,14-15,17-18,20-21,23-24,26-28,32,34,38,40,53-54,56-60,62-64H,3-5,7,9-11,13,16,19,22,25,29-31,33,35-37,39,41-52H2,1-2H3/b8-6-,14-12-,17-15-,20-18-,23-21-,27-26-,28-24-,34-32-,40-38-. The Labute approximate surface area is 414 Å². The Morgan fingerprint density at radius 2 is 0.897 bits per heavy atom. The van der Waals surface area contributed by atoms with Gasteiger partial charge in [-0.1, -0.05) is 194 Å². The molecule has 4 N–H and O–H groups in total. The summed E-state index contributed by atoms with van der Waals surface area (Å²) in [7, 11) is 0. The van der Waals surface area contributed by atoms with Gasteiger partial charge in [0.15, 0.2) is 6.29 Å². The smallest absolute Gasteiger partial charge is 0.306 e. The molecule has 6 unspecified atom stereocenters. The van der Waals surface area contributed by atoms with Crippen LogP contribution in [0.4, 0.5) is 0 Å².